The van der Waals surface area contributed by atoms with Crippen molar-refractivity contribution in [3.63, 3.8) is 0 Å². The van der Waals surface area contributed by atoms with Gasteiger partial charge in [-0.1, -0.05) is 38.1 Å². The van der Waals surface area contributed by atoms with Crippen LogP contribution in [-0.2, 0) is 38.1 Å². The first-order chi connectivity index (χ1) is 21.2. The summed E-state index contributed by atoms with van der Waals surface area (Å²) in [7, 11) is 0. The predicted molar refractivity (Wildman–Crippen MR) is 169 cm³/mol. The van der Waals surface area contributed by atoms with Gasteiger partial charge in [0.15, 0.2) is 12.2 Å². The van der Waals surface area contributed by atoms with Crippen LogP contribution in [0.3, 0.4) is 0 Å². The van der Waals surface area contributed by atoms with Crippen LogP contribution in [0, 0.1) is 0 Å². The Morgan fingerprint density at radius 1 is 0.533 bits per heavy atom. The molecule has 11 heteroatoms. The van der Waals surface area contributed by atoms with Crippen molar-refractivity contribution < 1.29 is 47.6 Å². The van der Waals surface area contributed by atoms with E-state index in [0.717, 1.165) is 9.79 Å². The lowest BCUT2D eigenvalue weighted by Gasteiger charge is -2.19. The fourth-order valence-electron chi connectivity index (χ4n) is 3.04. The number of carbonyl (C=O) groups excluding carboxylic acids is 4. The Morgan fingerprint density at radius 3 is 1.13 bits per heavy atom. The first-order valence-corrected chi connectivity index (χ1v) is 14.6. The number of carbonyl (C=O) groups is 4. The van der Waals surface area contributed by atoms with E-state index in [1.54, 1.807) is 24.3 Å². The second-order valence-electron chi connectivity index (χ2n) is 10.0. The highest BCUT2D eigenvalue weighted by Gasteiger charge is 2.20. The monoisotopic (exact) mass is 638 g/mol. The molecule has 0 spiro atoms. The van der Waals surface area contributed by atoms with Crippen LogP contribution >= 0.6 is 11.8 Å². The lowest BCUT2D eigenvalue weighted by molar-refractivity contribution is -0.155. The van der Waals surface area contributed by atoms with Crippen LogP contribution in [0.25, 0.3) is 0 Å². The lowest BCUT2D eigenvalue weighted by atomic mass is 10.3. The number of rotatable bonds is 18. The molecule has 240 valence electrons. The van der Waals surface area contributed by atoms with Gasteiger partial charge in [-0.15, -0.1) is 0 Å². The summed E-state index contributed by atoms with van der Waals surface area (Å²) < 4.78 is 32.5. The molecule has 0 radical (unpaired) electrons. The summed E-state index contributed by atoms with van der Waals surface area (Å²) in [5.41, 5.74) is 0.875. The van der Waals surface area contributed by atoms with Gasteiger partial charge in [-0.2, -0.15) is 0 Å². The van der Waals surface area contributed by atoms with Crippen molar-refractivity contribution >= 4 is 35.6 Å². The van der Waals surface area contributed by atoms with Gasteiger partial charge in [0.1, 0.15) is 37.9 Å². The highest BCUT2D eigenvalue weighted by Crippen LogP contribution is 2.30. The molecule has 10 nitrogen and oxygen atoms in total. The Balaban J connectivity index is 1.93. The molecule has 0 saturated carbocycles. The van der Waals surface area contributed by atoms with E-state index in [1.165, 1.54) is 39.5 Å². The molecule has 2 atom stereocenters. The molecule has 0 aliphatic rings. The second kappa shape index (κ2) is 18.1. The van der Waals surface area contributed by atoms with Gasteiger partial charge in [-0.3, -0.25) is 0 Å². The van der Waals surface area contributed by atoms with Crippen LogP contribution in [0.15, 0.2) is 107 Å². The Kier molecular flexibility index (Phi) is 14.7. The maximum Gasteiger partial charge on any atom is 0.333 e. The molecule has 0 aliphatic heterocycles. The summed E-state index contributed by atoms with van der Waals surface area (Å²) in [6, 6.07) is 14.5. The van der Waals surface area contributed by atoms with E-state index < -0.39 is 36.1 Å². The van der Waals surface area contributed by atoms with E-state index in [-0.39, 0.29) is 48.7 Å². The zero-order chi connectivity index (χ0) is 33.5. The quantitative estimate of drug-likeness (QED) is 0.112. The highest BCUT2D eigenvalue weighted by atomic mass is 32.2. The molecule has 2 rings (SSSR count). The molecule has 2 aromatic rings. The summed E-state index contributed by atoms with van der Waals surface area (Å²) in [5, 5.41) is 0. The van der Waals surface area contributed by atoms with Gasteiger partial charge < -0.3 is 28.4 Å². The molecule has 0 heterocycles. The first kappa shape index (κ1) is 36.4. The van der Waals surface area contributed by atoms with E-state index in [0.29, 0.717) is 11.5 Å². The summed E-state index contributed by atoms with van der Waals surface area (Å²) in [6.07, 6.45) is -1.68. The van der Waals surface area contributed by atoms with Crippen LogP contribution < -0.4 is 9.47 Å². The van der Waals surface area contributed by atoms with Crippen molar-refractivity contribution in [2.24, 2.45) is 0 Å². The molecule has 0 aliphatic carbocycles. The molecule has 0 saturated heterocycles. The summed E-state index contributed by atoms with van der Waals surface area (Å²) >= 11 is 1.50. The maximum absolute atomic E-state index is 12.0. The third-order valence-corrected chi connectivity index (χ3v) is 6.51. The average molecular weight is 639 g/mol. The number of hydrogen-bond donors (Lipinski definition) is 0. The molecule has 0 N–H and O–H groups in total. The summed E-state index contributed by atoms with van der Waals surface area (Å²) in [6.45, 7) is 19.8. The predicted octanol–water partition coefficient (Wildman–Crippen LogP) is 5.81. The van der Waals surface area contributed by atoms with Crippen LogP contribution in [0.1, 0.15) is 27.7 Å². The van der Waals surface area contributed by atoms with Gasteiger partial charge in [-0.25, -0.2) is 19.2 Å². The topological polar surface area (TPSA) is 124 Å². The van der Waals surface area contributed by atoms with E-state index in [9.17, 15) is 19.2 Å². The number of esters is 4. The fraction of sp³-hybridized carbons (Fsp3) is 0.294. The standard InChI is InChI=1S/C34H38O10S/c1-21(2)31(35)41-19-27(43-33(37)23(5)6)17-39-25-9-13-29(14-10-25)45-30-15-11-26(12-16-30)40-18-28(44-34(38)24(7)8)20-42-32(36)22(3)4/h9-16,27-28H,1,3,5,7,17-20H2,2,4,6,8H3. The van der Waals surface area contributed by atoms with Crippen LogP contribution in [0.5, 0.6) is 11.5 Å². The minimum Gasteiger partial charge on any atom is -0.490 e. The summed E-state index contributed by atoms with van der Waals surface area (Å²) in [4.78, 5) is 49.4. The minimum absolute atomic E-state index is 0.0416. The van der Waals surface area contributed by atoms with Crippen molar-refractivity contribution in [3.05, 3.63) is 97.1 Å². The Morgan fingerprint density at radius 2 is 0.844 bits per heavy atom. The van der Waals surface area contributed by atoms with Gasteiger partial charge >= 0.3 is 23.9 Å². The smallest absolute Gasteiger partial charge is 0.333 e. The minimum atomic E-state index is -0.841. The number of hydrogen-bond acceptors (Lipinski definition) is 11. The number of ether oxygens (including phenoxy) is 6. The molecule has 0 amide bonds. The largest absolute Gasteiger partial charge is 0.490 e. The van der Waals surface area contributed by atoms with E-state index in [4.69, 9.17) is 28.4 Å². The van der Waals surface area contributed by atoms with Crippen LogP contribution in [0.4, 0.5) is 0 Å². The molecule has 2 aromatic carbocycles. The van der Waals surface area contributed by atoms with Gasteiger partial charge in [0.2, 0.25) is 0 Å². The van der Waals surface area contributed by atoms with Gasteiger partial charge in [0, 0.05) is 32.1 Å². The zero-order valence-electron chi connectivity index (χ0n) is 25.9. The Labute approximate surface area is 267 Å². The van der Waals surface area contributed by atoms with E-state index in [2.05, 4.69) is 26.3 Å². The molecule has 45 heavy (non-hydrogen) atoms. The van der Waals surface area contributed by atoms with Gasteiger partial charge in [0.05, 0.1) is 0 Å². The van der Waals surface area contributed by atoms with Crippen LogP contribution in [-0.4, -0.2) is 62.5 Å². The molecule has 0 fully saturated rings. The molecule has 0 bridgehead atoms. The Bertz CT molecular complexity index is 1300. The normalized spacial score (nSPS) is 11.6. The molecular weight excluding hydrogens is 600 g/mol. The first-order valence-electron chi connectivity index (χ1n) is 13.8. The summed E-state index contributed by atoms with van der Waals surface area (Å²) in [5.74, 6) is -1.37. The average Bonchev–Trinajstić information content (AvgIpc) is 3.00. The molecule has 0 aromatic heterocycles. The highest BCUT2D eigenvalue weighted by molar-refractivity contribution is 7.99. The van der Waals surface area contributed by atoms with Crippen molar-refractivity contribution in [1.29, 1.82) is 0 Å². The third kappa shape index (κ3) is 13.6. The fourth-order valence-corrected chi connectivity index (χ4v) is 3.86. The van der Waals surface area contributed by atoms with E-state index in [1.807, 2.05) is 24.3 Å². The van der Waals surface area contributed by atoms with Crippen molar-refractivity contribution in [3.8, 4) is 11.5 Å². The third-order valence-electron chi connectivity index (χ3n) is 5.50. The zero-order valence-corrected chi connectivity index (χ0v) is 26.7. The maximum atomic E-state index is 12.0. The van der Waals surface area contributed by atoms with Crippen molar-refractivity contribution in [2.75, 3.05) is 26.4 Å². The second-order valence-corrected chi connectivity index (χ2v) is 11.2. The van der Waals surface area contributed by atoms with Gasteiger partial charge in [-0.05, 0) is 76.2 Å². The molecule has 2 unspecified atom stereocenters. The van der Waals surface area contributed by atoms with E-state index >= 15 is 0 Å². The van der Waals surface area contributed by atoms with Crippen molar-refractivity contribution in [1.82, 2.24) is 0 Å². The van der Waals surface area contributed by atoms with Crippen molar-refractivity contribution in [2.45, 2.75) is 49.7 Å². The van der Waals surface area contributed by atoms with Crippen LogP contribution in [0.2, 0.25) is 0 Å². The molecular formula is C34H38O10S. The SMILES string of the molecule is C=C(C)C(=O)OCC(COc1ccc(Sc2ccc(OCC(COC(=O)C(=C)C)OC(=O)C(=C)C)cc2)cc1)OC(=O)C(=C)C. The number of benzene rings is 2. The lowest BCUT2D eigenvalue weighted by Crippen LogP contribution is -2.31. The Hall–Kier alpha value is -4.77. The van der Waals surface area contributed by atoms with Gasteiger partial charge in [0.25, 0.3) is 0 Å².